The Kier molecular flexibility index (Phi) is 6.42. The minimum Gasteiger partial charge on any atom is -0.370 e. The Morgan fingerprint density at radius 2 is 1.80 bits per heavy atom. The number of rotatable bonds is 6. The number of carbonyl (C=O) groups excluding carboxylic acids is 1. The Morgan fingerprint density at radius 3 is 2.53 bits per heavy atom. The van der Waals surface area contributed by atoms with Crippen molar-refractivity contribution in [3.05, 3.63) is 63.9 Å². The zero-order chi connectivity index (χ0) is 20.9. The number of nitrogens with one attached hydrogen (secondary N) is 2. The number of hydrogen-bond acceptors (Lipinski definition) is 4. The molecular weight excluding hydrogens is 404 g/mol. The average Bonchev–Trinajstić information content (AvgIpc) is 2.77. The van der Waals surface area contributed by atoms with Crippen LogP contribution in [-0.2, 0) is 16.1 Å². The van der Waals surface area contributed by atoms with Crippen LogP contribution in [0.4, 0.5) is 0 Å². The van der Waals surface area contributed by atoms with Gasteiger partial charge in [0.05, 0.1) is 37.4 Å². The molecule has 3 aromatic rings. The normalized spacial score (nSPS) is 14.7. The van der Waals surface area contributed by atoms with E-state index in [4.69, 9.17) is 16.3 Å². The number of aromatic nitrogens is 2. The molecule has 2 N–H and O–H groups in total. The summed E-state index contributed by atoms with van der Waals surface area (Å²) in [5.41, 5.74) is 1.20. The lowest BCUT2D eigenvalue weighted by Gasteiger charge is -2.23. The number of morpholine rings is 1. The van der Waals surface area contributed by atoms with E-state index in [1.807, 2.05) is 30.3 Å². The van der Waals surface area contributed by atoms with Crippen LogP contribution < -0.4 is 15.8 Å². The van der Waals surface area contributed by atoms with E-state index in [2.05, 4.69) is 10.4 Å². The molecule has 2 heterocycles. The van der Waals surface area contributed by atoms with Gasteiger partial charge in [0.25, 0.3) is 5.56 Å². The molecule has 4 rings (SSSR count). The Bertz CT molecular complexity index is 1090. The van der Waals surface area contributed by atoms with Crippen molar-refractivity contribution < 1.29 is 14.4 Å². The molecule has 2 aromatic carbocycles. The molecule has 0 aliphatic carbocycles. The quantitative estimate of drug-likeness (QED) is 0.608. The highest BCUT2D eigenvalue weighted by Crippen LogP contribution is 2.25. The zero-order valence-electron chi connectivity index (χ0n) is 16.6. The van der Waals surface area contributed by atoms with Crippen LogP contribution in [0.2, 0.25) is 5.02 Å². The monoisotopic (exact) mass is 427 g/mol. The van der Waals surface area contributed by atoms with Gasteiger partial charge in [-0.25, -0.2) is 4.68 Å². The van der Waals surface area contributed by atoms with Crippen LogP contribution >= 0.6 is 11.6 Å². The smallest absolute Gasteiger partial charge is 0.275 e. The number of ether oxygens (including phenoxy) is 1. The van der Waals surface area contributed by atoms with Gasteiger partial charge in [-0.2, -0.15) is 5.10 Å². The Balaban J connectivity index is 1.54. The zero-order valence-corrected chi connectivity index (χ0v) is 17.3. The van der Waals surface area contributed by atoms with Gasteiger partial charge in [-0.05, 0) is 18.2 Å². The van der Waals surface area contributed by atoms with Gasteiger partial charge in [0, 0.05) is 16.0 Å². The summed E-state index contributed by atoms with van der Waals surface area (Å²) in [6.07, 6.45) is 0. The minimum atomic E-state index is -0.280. The first-order valence-corrected chi connectivity index (χ1v) is 10.4. The predicted molar refractivity (Wildman–Crippen MR) is 116 cm³/mol. The largest absolute Gasteiger partial charge is 0.370 e. The summed E-state index contributed by atoms with van der Waals surface area (Å²) in [6.45, 7) is 4.69. The van der Waals surface area contributed by atoms with Gasteiger partial charge >= 0.3 is 0 Å². The second kappa shape index (κ2) is 9.38. The van der Waals surface area contributed by atoms with Gasteiger partial charge in [-0.1, -0.05) is 41.9 Å². The van der Waals surface area contributed by atoms with Crippen LogP contribution in [0.15, 0.2) is 53.3 Å². The molecule has 1 aromatic heterocycles. The third kappa shape index (κ3) is 4.70. The van der Waals surface area contributed by atoms with E-state index in [-0.39, 0.29) is 18.0 Å². The van der Waals surface area contributed by atoms with E-state index in [0.717, 1.165) is 43.8 Å². The van der Waals surface area contributed by atoms with E-state index >= 15 is 0 Å². The fraction of sp³-hybridized carbons (Fsp3) is 0.318. The first kappa shape index (κ1) is 20.5. The summed E-state index contributed by atoms with van der Waals surface area (Å²) in [4.78, 5) is 26.8. The maximum Gasteiger partial charge on any atom is 0.275 e. The lowest BCUT2D eigenvalue weighted by molar-refractivity contribution is -0.906. The number of benzene rings is 2. The van der Waals surface area contributed by atoms with Crippen molar-refractivity contribution in [3.63, 3.8) is 0 Å². The molecule has 7 nitrogen and oxygen atoms in total. The molecule has 0 spiro atoms. The molecule has 0 atom stereocenters. The highest BCUT2D eigenvalue weighted by atomic mass is 35.5. The van der Waals surface area contributed by atoms with Crippen LogP contribution in [0, 0.1) is 0 Å². The summed E-state index contributed by atoms with van der Waals surface area (Å²) in [5.74, 6) is -0.227. The van der Waals surface area contributed by atoms with Gasteiger partial charge in [0.2, 0.25) is 5.91 Å². The maximum absolute atomic E-state index is 12.9. The highest BCUT2D eigenvalue weighted by Gasteiger charge is 2.16. The highest BCUT2D eigenvalue weighted by molar-refractivity contribution is 6.30. The summed E-state index contributed by atoms with van der Waals surface area (Å²) in [6, 6.07) is 14.6. The molecule has 1 aliphatic heterocycles. The van der Waals surface area contributed by atoms with E-state index < -0.39 is 0 Å². The van der Waals surface area contributed by atoms with Crippen molar-refractivity contribution in [1.29, 1.82) is 0 Å². The summed E-state index contributed by atoms with van der Waals surface area (Å²) in [7, 11) is 0. The Hall–Kier alpha value is -2.74. The van der Waals surface area contributed by atoms with Gasteiger partial charge in [0.1, 0.15) is 19.6 Å². The fourth-order valence-electron chi connectivity index (χ4n) is 3.64. The number of fused-ring (bicyclic) bond motifs is 1. The van der Waals surface area contributed by atoms with Crippen LogP contribution in [0.25, 0.3) is 22.0 Å². The van der Waals surface area contributed by atoms with E-state index in [0.29, 0.717) is 22.6 Å². The number of nitrogens with zero attached hydrogens (tertiary/aromatic N) is 2. The number of halogens is 1. The lowest BCUT2D eigenvalue weighted by atomic mass is 10.1. The van der Waals surface area contributed by atoms with Crippen molar-refractivity contribution >= 4 is 28.3 Å². The number of quaternary nitrogens is 1. The first-order chi connectivity index (χ1) is 14.6. The van der Waals surface area contributed by atoms with Crippen LogP contribution in [0.5, 0.6) is 0 Å². The van der Waals surface area contributed by atoms with Crippen molar-refractivity contribution in [2.24, 2.45) is 0 Å². The molecule has 30 heavy (non-hydrogen) atoms. The number of carbonyl (C=O) groups is 1. The Labute approximate surface area is 179 Å². The molecule has 0 radical (unpaired) electrons. The molecule has 0 saturated carbocycles. The van der Waals surface area contributed by atoms with E-state index in [1.165, 1.54) is 9.58 Å². The molecule has 1 amide bonds. The van der Waals surface area contributed by atoms with E-state index in [9.17, 15) is 9.59 Å². The summed E-state index contributed by atoms with van der Waals surface area (Å²) >= 11 is 6.01. The van der Waals surface area contributed by atoms with Crippen LogP contribution in [0.3, 0.4) is 0 Å². The van der Waals surface area contributed by atoms with Crippen LogP contribution in [-0.4, -0.2) is 55.1 Å². The molecule has 8 heteroatoms. The van der Waals surface area contributed by atoms with Crippen LogP contribution in [0.1, 0.15) is 0 Å². The molecule has 0 bridgehead atoms. The number of amides is 1. The summed E-state index contributed by atoms with van der Waals surface area (Å²) < 4.78 is 6.59. The average molecular weight is 428 g/mol. The first-order valence-electron chi connectivity index (χ1n) is 10.1. The molecule has 0 unspecified atom stereocenters. The maximum atomic E-state index is 12.9. The van der Waals surface area contributed by atoms with Gasteiger partial charge in [0.15, 0.2) is 0 Å². The molecule has 1 fully saturated rings. The standard InChI is InChI=1S/C22H23ClN4O3/c23-17-7-5-16(6-8-17)21-18-3-1-2-4-19(18)22(29)27(25-21)15-20(28)24-9-10-26-11-13-30-14-12-26/h1-8H,9-15H2,(H,24,28)/p+1. The van der Waals surface area contributed by atoms with Gasteiger partial charge < -0.3 is 15.0 Å². The molecule has 156 valence electrons. The van der Waals surface area contributed by atoms with Gasteiger partial charge in [-0.3, -0.25) is 9.59 Å². The third-order valence-electron chi connectivity index (χ3n) is 5.28. The van der Waals surface area contributed by atoms with Gasteiger partial charge in [-0.15, -0.1) is 0 Å². The van der Waals surface area contributed by atoms with Crippen molar-refractivity contribution in [3.8, 4) is 11.3 Å². The predicted octanol–water partition coefficient (Wildman–Crippen LogP) is 0.748. The SMILES string of the molecule is O=C(Cn1nc(-c2ccc(Cl)cc2)c2ccccc2c1=O)NCC[NH+]1CCOCC1. The number of hydrogen-bond donors (Lipinski definition) is 2. The minimum absolute atomic E-state index is 0.122. The van der Waals surface area contributed by atoms with Crippen molar-refractivity contribution in [2.45, 2.75) is 6.54 Å². The second-order valence-corrected chi connectivity index (χ2v) is 7.76. The van der Waals surface area contributed by atoms with Crippen molar-refractivity contribution in [2.75, 3.05) is 39.4 Å². The summed E-state index contributed by atoms with van der Waals surface area (Å²) in [5, 5.41) is 9.32. The van der Waals surface area contributed by atoms with Crippen molar-refractivity contribution in [1.82, 2.24) is 15.1 Å². The van der Waals surface area contributed by atoms with E-state index in [1.54, 1.807) is 18.2 Å². The molecule has 1 aliphatic rings. The lowest BCUT2D eigenvalue weighted by Crippen LogP contribution is -3.14. The second-order valence-electron chi connectivity index (χ2n) is 7.33. The molecule has 1 saturated heterocycles. The third-order valence-corrected chi connectivity index (χ3v) is 5.53. The Morgan fingerprint density at radius 1 is 1.10 bits per heavy atom. The molecular formula is C22H24ClN4O3+. The fourth-order valence-corrected chi connectivity index (χ4v) is 3.77. The topological polar surface area (TPSA) is 77.7 Å².